The van der Waals surface area contributed by atoms with Gasteiger partial charge in [0.15, 0.2) is 0 Å². The van der Waals surface area contributed by atoms with Gasteiger partial charge in [-0.05, 0) is 32.6 Å². The Bertz CT molecular complexity index is 140. The van der Waals surface area contributed by atoms with Crippen molar-refractivity contribution in [1.29, 1.82) is 0 Å². The largest absolute Gasteiger partial charge is 0.393 e. The smallest absolute Gasteiger partial charge is 0.0540 e. The van der Waals surface area contributed by atoms with E-state index in [4.69, 9.17) is 10.2 Å². The predicted octanol–water partition coefficient (Wildman–Crippen LogP) is 3.82. The standard InChI is InChI=1S/2C6H12O.C3H6/c2*7-6-4-2-1-3-5-6;1-3-2/h2*6-7H,1-5H2;3H,1H2,2H3. The van der Waals surface area contributed by atoms with E-state index in [1.165, 1.54) is 38.5 Å². The first-order valence-corrected chi connectivity index (χ1v) is 7.13. The fourth-order valence-electron chi connectivity index (χ4n) is 2.16. The van der Waals surface area contributed by atoms with Crippen molar-refractivity contribution < 1.29 is 10.2 Å². The Kier molecular flexibility index (Phi) is 11.9. The quantitative estimate of drug-likeness (QED) is 0.634. The van der Waals surface area contributed by atoms with Crippen LogP contribution in [0.1, 0.15) is 71.1 Å². The zero-order valence-electron chi connectivity index (χ0n) is 11.4. The van der Waals surface area contributed by atoms with E-state index in [0.29, 0.717) is 0 Å². The summed E-state index contributed by atoms with van der Waals surface area (Å²) in [4.78, 5) is 0. The monoisotopic (exact) mass is 242 g/mol. The lowest BCUT2D eigenvalue weighted by Crippen LogP contribution is -2.09. The zero-order chi connectivity index (χ0) is 12.9. The van der Waals surface area contributed by atoms with Gasteiger partial charge in [-0.15, -0.1) is 6.58 Å². The third-order valence-corrected chi connectivity index (χ3v) is 3.15. The van der Waals surface area contributed by atoms with Crippen molar-refractivity contribution in [2.45, 2.75) is 83.3 Å². The highest BCUT2D eigenvalue weighted by atomic mass is 16.3. The molecule has 0 amide bonds. The summed E-state index contributed by atoms with van der Waals surface area (Å²) in [5.74, 6) is 0. The van der Waals surface area contributed by atoms with Crippen molar-refractivity contribution in [2.24, 2.45) is 0 Å². The molecule has 0 aromatic carbocycles. The number of rotatable bonds is 0. The molecular formula is C15H30O2. The van der Waals surface area contributed by atoms with E-state index in [2.05, 4.69) is 6.58 Å². The molecule has 2 N–H and O–H groups in total. The van der Waals surface area contributed by atoms with Crippen LogP contribution in [0.25, 0.3) is 0 Å². The second-order valence-corrected chi connectivity index (χ2v) is 4.99. The normalized spacial score (nSPS) is 21.6. The summed E-state index contributed by atoms with van der Waals surface area (Å²) in [6, 6.07) is 0. The van der Waals surface area contributed by atoms with Gasteiger partial charge in [-0.25, -0.2) is 0 Å². The van der Waals surface area contributed by atoms with Crippen LogP contribution in [0.3, 0.4) is 0 Å². The second kappa shape index (κ2) is 12.1. The highest BCUT2D eigenvalue weighted by Gasteiger charge is 2.08. The van der Waals surface area contributed by atoms with E-state index in [0.717, 1.165) is 25.7 Å². The minimum absolute atomic E-state index is 0.0359. The lowest BCUT2D eigenvalue weighted by atomic mass is 9.98. The maximum atomic E-state index is 8.91. The van der Waals surface area contributed by atoms with Crippen molar-refractivity contribution in [3.05, 3.63) is 12.7 Å². The van der Waals surface area contributed by atoms with Crippen LogP contribution < -0.4 is 0 Å². The molecular weight excluding hydrogens is 212 g/mol. The van der Waals surface area contributed by atoms with Gasteiger partial charge in [-0.3, -0.25) is 0 Å². The van der Waals surface area contributed by atoms with Gasteiger partial charge in [-0.1, -0.05) is 44.6 Å². The van der Waals surface area contributed by atoms with Gasteiger partial charge >= 0.3 is 0 Å². The van der Waals surface area contributed by atoms with E-state index < -0.39 is 0 Å². The van der Waals surface area contributed by atoms with Gasteiger partial charge in [0.2, 0.25) is 0 Å². The highest BCUT2D eigenvalue weighted by Crippen LogP contribution is 2.16. The van der Waals surface area contributed by atoms with Crippen LogP contribution in [0.4, 0.5) is 0 Å². The van der Waals surface area contributed by atoms with Gasteiger partial charge in [0.05, 0.1) is 12.2 Å². The topological polar surface area (TPSA) is 40.5 Å². The first kappa shape index (κ1) is 16.7. The Morgan fingerprint density at radius 2 is 1.00 bits per heavy atom. The molecule has 2 saturated carbocycles. The average molecular weight is 242 g/mol. The minimum Gasteiger partial charge on any atom is -0.393 e. The van der Waals surface area contributed by atoms with E-state index in [1.807, 2.05) is 6.92 Å². The molecule has 2 aliphatic rings. The molecule has 2 fully saturated rings. The Morgan fingerprint density at radius 1 is 0.765 bits per heavy atom. The molecule has 2 aliphatic carbocycles. The molecule has 0 spiro atoms. The van der Waals surface area contributed by atoms with Crippen LogP contribution in [0, 0.1) is 0 Å². The van der Waals surface area contributed by atoms with E-state index >= 15 is 0 Å². The summed E-state index contributed by atoms with van der Waals surface area (Å²) >= 11 is 0. The Hall–Kier alpha value is -0.340. The molecule has 0 bridgehead atoms. The van der Waals surface area contributed by atoms with Gasteiger partial charge in [0.1, 0.15) is 0 Å². The average Bonchev–Trinajstić information content (AvgIpc) is 2.33. The van der Waals surface area contributed by atoms with Crippen LogP contribution in [-0.4, -0.2) is 22.4 Å². The molecule has 0 unspecified atom stereocenters. The van der Waals surface area contributed by atoms with Gasteiger partial charge in [-0.2, -0.15) is 0 Å². The van der Waals surface area contributed by atoms with Crippen LogP contribution >= 0.6 is 0 Å². The number of hydrogen-bond donors (Lipinski definition) is 2. The van der Waals surface area contributed by atoms with Crippen LogP contribution in [0.5, 0.6) is 0 Å². The molecule has 0 atom stereocenters. The first-order valence-electron chi connectivity index (χ1n) is 7.13. The fraction of sp³-hybridized carbons (Fsp3) is 0.867. The molecule has 0 heterocycles. The SMILES string of the molecule is C=CC.OC1CCCCC1.OC1CCCCC1. The molecule has 2 nitrogen and oxygen atoms in total. The maximum Gasteiger partial charge on any atom is 0.0540 e. The summed E-state index contributed by atoms with van der Waals surface area (Å²) in [5, 5.41) is 17.8. The van der Waals surface area contributed by atoms with Crippen molar-refractivity contribution in [2.75, 3.05) is 0 Å². The highest BCUT2D eigenvalue weighted by molar-refractivity contribution is 4.62. The van der Waals surface area contributed by atoms with Crippen molar-refractivity contribution in [1.82, 2.24) is 0 Å². The number of aliphatic hydroxyl groups is 2. The predicted molar refractivity (Wildman–Crippen MR) is 74.1 cm³/mol. The van der Waals surface area contributed by atoms with Crippen LogP contribution in [0.2, 0.25) is 0 Å². The lowest BCUT2D eigenvalue weighted by Gasteiger charge is -2.14. The number of allylic oxidation sites excluding steroid dienone is 1. The lowest BCUT2D eigenvalue weighted by molar-refractivity contribution is 0.130. The molecule has 0 aromatic heterocycles. The Morgan fingerprint density at radius 3 is 1.12 bits per heavy atom. The van der Waals surface area contributed by atoms with Crippen LogP contribution in [-0.2, 0) is 0 Å². The van der Waals surface area contributed by atoms with E-state index in [9.17, 15) is 0 Å². The molecule has 2 rings (SSSR count). The zero-order valence-corrected chi connectivity index (χ0v) is 11.4. The van der Waals surface area contributed by atoms with E-state index in [1.54, 1.807) is 6.08 Å². The van der Waals surface area contributed by atoms with Gasteiger partial charge in [0, 0.05) is 0 Å². The Balaban J connectivity index is 0.000000247. The van der Waals surface area contributed by atoms with Crippen LogP contribution in [0.15, 0.2) is 12.7 Å². The summed E-state index contributed by atoms with van der Waals surface area (Å²) in [5.41, 5.74) is 0. The molecule has 17 heavy (non-hydrogen) atoms. The third-order valence-electron chi connectivity index (χ3n) is 3.15. The van der Waals surface area contributed by atoms with E-state index in [-0.39, 0.29) is 12.2 Å². The molecule has 0 radical (unpaired) electrons. The second-order valence-electron chi connectivity index (χ2n) is 4.99. The third kappa shape index (κ3) is 11.9. The molecule has 0 aliphatic heterocycles. The summed E-state index contributed by atoms with van der Waals surface area (Å²) in [7, 11) is 0. The molecule has 2 heteroatoms. The Labute approximate surface area is 107 Å². The number of hydrogen-bond acceptors (Lipinski definition) is 2. The molecule has 0 aromatic rings. The number of aliphatic hydroxyl groups excluding tert-OH is 2. The maximum absolute atomic E-state index is 8.91. The van der Waals surface area contributed by atoms with Crippen molar-refractivity contribution in [3.63, 3.8) is 0 Å². The fourth-order valence-corrected chi connectivity index (χ4v) is 2.16. The van der Waals surface area contributed by atoms with Crippen molar-refractivity contribution >= 4 is 0 Å². The van der Waals surface area contributed by atoms with Gasteiger partial charge < -0.3 is 10.2 Å². The van der Waals surface area contributed by atoms with Crippen molar-refractivity contribution in [3.8, 4) is 0 Å². The molecule has 102 valence electrons. The minimum atomic E-state index is 0.0359. The summed E-state index contributed by atoms with van der Waals surface area (Å²) in [6.45, 7) is 5.25. The van der Waals surface area contributed by atoms with Gasteiger partial charge in [0.25, 0.3) is 0 Å². The summed E-state index contributed by atoms with van der Waals surface area (Å²) in [6.07, 6.45) is 13.6. The summed E-state index contributed by atoms with van der Waals surface area (Å²) < 4.78 is 0. The molecule has 0 saturated heterocycles. The first-order chi connectivity index (χ1) is 8.20.